The summed E-state index contributed by atoms with van der Waals surface area (Å²) < 4.78 is 10.2. The van der Waals surface area contributed by atoms with Crippen LogP contribution in [0.3, 0.4) is 0 Å². The summed E-state index contributed by atoms with van der Waals surface area (Å²) in [5.74, 6) is -0.0703. The minimum atomic E-state index is -0.590. The lowest BCUT2D eigenvalue weighted by Crippen LogP contribution is -2.27. The molecule has 1 saturated carbocycles. The predicted octanol–water partition coefficient (Wildman–Crippen LogP) is 3.11. The summed E-state index contributed by atoms with van der Waals surface area (Å²) in [6.45, 7) is -0.355. The van der Waals surface area contributed by atoms with E-state index < -0.39 is 5.97 Å². The van der Waals surface area contributed by atoms with Crippen LogP contribution in [0.2, 0.25) is 0 Å². The Labute approximate surface area is 167 Å². The van der Waals surface area contributed by atoms with Gasteiger partial charge in [0.05, 0.1) is 18.4 Å². The molecule has 3 rings (SSSR count). The van der Waals surface area contributed by atoms with Gasteiger partial charge in [0.25, 0.3) is 0 Å². The highest BCUT2D eigenvalue weighted by molar-refractivity contribution is 8.00. The Morgan fingerprint density at radius 2 is 1.79 bits per heavy atom. The molecule has 0 aromatic heterocycles. The number of ketones is 1. The van der Waals surface area contributed by atoms with Crippen molar-refractivity contribution in [3.8, 4) is 5.75 Å². The molecule has 1 amide bonds. The van der Waals surface area contributed by atoms with Crippen molar-refractivity contribution in [1.29, 1.82) is 0 Å². The van der Waals surface area contributed by atoms with E-state index in [1.54, 1.807) is 55.6 Å². The van der Waals surface area contributed by atoms with E-state index in [0.29, 0.717) is 27.8 Å². The molecule has 0 heterocycles. The van der Waals surface area contributed by atoms with Gasteiger partial charge >= 0.3 is 5.97 Å². The quantitative estimate of drug-likeness (QED) is 0.396. The maximum atomic E-state index is 12.4. The first-order valence-electron chi connectivity index (χ1n) is 8.92. The SMILES string of the molecule is COc1ccc(C(=O)COC(=O)c2ccccc2SCC(=O)NC2CC2)cc1. The van der Waals surface area contributed by atoms with Crippen molar-refractivity contribution in [2.24, 2.45) is 0 Å². The van der Waals surface area contributed by atoms with Crippen LogP contribution >= 0.6 is 11.8 Å². The Bertz CT molecular complexity index is 861. The molecule has 28 heavy (non-hydrogen) atoms. The lowest BCUT2D eigenvalue weighted by Gasteiger charge is -2.09. The van der Waals surface area contributed by atoms with Gasteiger partial charge in [0.2, 0.25) is 5.91 Å². The van der Waals surface area contributed by atoms with Gasteiger partial charge in [-0.25, -0.2) is 4.79 Å². The van der Waals surface area contributed by atoms with Gasteiger partial charge in [-0.15, -0.1) is 11.8 Å². The molecular weight excluding hydrogens is 378 g/mol. The second kappa shape index (κ2) is 9.41. The number of hydrogen-bond acceptors (Lipinski definition) is 6. The van der Waals surface area contributed by atoms with E-state index in [9.17, 15) is 14.4 Å². The Hall–Kier alpha value is -2.80. The van der Waals surface area contributed by atoms with Crippen molar-refractivity contribution < 1.29 is 23.9 Å². The summed E-state index contributed by atoms with van der Waals surface area (Å²) >= 11 is 1.28. The van der Waals surface area contributed by atoms with Crippen molar-refractivity contribution in [2.75, 3.05) is 19.5 Å². The minimum Gasteiger partial charge on any atom is -0.497 e. The fourth-order valence-corrected chi connectivity index (χ4v) is 3.32. The van der Waals surface area contributed by atoms with Gasteiger partial charge in [-0.3, -0.25) is 9.59 Å². The maximum absolute atomic E-state index is 12.4. The maximum Gasteiger partial charge on any atom is 0.339 e. The zero-order valence-corrected chi connectivity index (χ0v) is 16.3. The first-order chi connectivity index (χ1) is 13.6. The number of rotatable bonds is 9. The van der Waals surface area contributed by atoms with Crippen LogP contribution in [0.15, 0.2) is 53.4 Å². The highest BCUT2D eigenvalue weighted by Gasteiger charge is 2.23. The van der Waals surface area contributed by atoms with Crippen molar-refractivity contribution in [3.63, 3.8) is 0 Å². The number of Topliss-reactive ketones (excluding diaryl/α,β-unsaturated/α-hetero) is 1. The van der Waals surface area contributed by atoms with E-state index in [1.165, 1.54) is 11.8 Å². The summed E-state index contributed by atoms with van der Waals surface area (Å²) in [6.07, 6.45) is 2.06. The minimum absolute atomic E-state index is 0.0506. The number of amides is 1. The van der Waals surface area contributed by atoms with Crippen LogP contribution in [0.1, 0.15) is 33.6 Å². The van der Waals surface area contributed by atoms with Crippen LogP contribution in [0.25, 0.3) is 0 Å². The third-order valence-electron chi connectivity index (χ3n) is 4.15. The standard InChI is InChI=1S/C21H21NO5S/c1-26-16-10-6-14(7-11-16)18(23)12-27-21(25)17-4-2-3-5-19(17)28-13-20(24)22-15-8-9-15/h2-7,10-11,15H,8-9,12-13H2,1H3,(H,22,24). The molecular formula is C21H21NO5S. The number of hydrogen-bond donors (Lipinski definition) is 1. The fraction of sp³-hybridized carbons (Fsp3) is 0.286. The van der Waals surface area contributed by atoms with Gasteiger partial charge < -0.3 is 14.8 Å². The molecule has 0 spiro atoms. The van der Waals surface area contributed by atoms with Crippen LogP contribution < -0.4 is 10.1 Å². The number of methoxy groups -OCH3 is 1. The molecule has 1 fully saturated rings. The molecule has 0 unspecified atom stereocenters. The van der Waals surface area contributed by atoms with E-state index in [2.05, 4.69) is 5.32 Å². The number of carbonyl (C=O) groups is 3. The summed E-state index contributed by atoms with van der Waals surface area (Å²) in [6, 6.07) is 13.8. The fourth-order valence-electron chi connectivity index (χ4n) is 2.47. The highest BCUT2D eigenvalue weighted by Crippen LogP contribution is 2.24. The van der Waals surface area contributed by atoms with Crippen LogP contribution in [-0.2, 0) is 9.53 Å². The number of benzene rings is 2. The number of ether oxygens (including phenoxy) is 2. The third kappa shape index (κ3) is 5.60. The Kier molecular flexibility index (Phi) is 6.71. The first kappa shape index (κ1) is 19.9. The molecule has 2 aromatic carbocycles. The molecule has 0 bridgehead atoms. The van der Waals surface area contributed by atoms with Crippen LogP contribution in [0.5, 0.6) is 5.75 Å². The van der Waals surface area contributed by atoms with Crippen molar-refractivity contribution in [3.05, 3.63) is 59.7 Å². The smallest absolute Gasteiger partial charge is 0.339 e. The lowest BCUT2D eigenvalue weighted by molar-refractivity contribution is -0.118. The summed E-state index contributed by atoms with van der Waals surface area (Å²) in [7, 11) is 1.55. The average molecular weight is 399 g/mol. The Balaban J connectivity index is 1.55. The molecule has 2 aromatic rings. The van der Waals surface area contributed by atoms with Crippen molar-refractivity contribution >= 4 is 29.4 Å². The topological polar surface area (TPSA) is 81.7 Å². The average Bonchev–Trinajstić information content (AvgIpc) is 3.54. The molecule has 1 aliphatic carbocycles. The van der Waals surface area contributed by atoms with Crippen molar-refractivity contribution in [1.82, 2.24) is 5.32 Å². The highest BCUT2D eigenvalue weighted by atomic mass is 32.2. The molecule has 0 atom stereocenters. The van der Waals surface area contributed by atoms with Gasteiger partial charge in [0.15, 0.2) is 12.4 Å². The molecule has 146 valence electrons. The second-order valence-corrected chi connectivity index (χ2v) is 7.37. The molecule has 6 nitrogen and oxygen atoms in total. The molecule has 7 heteroatoms. The van der Waals surface area contributed by atoms with Crippen molar-refractivity contribution in [2.45, 2.75) is 23.8 Å². The molecule has 0 radical (unpaired) electrons. The number of carbonyl (C=O) groups excluding carboxylic acids is 3. The molecule has 0 aliphatic heterocycles. The third-order valence-corrected chi connectivity index (χ3v) is 5.23. The van der Waals surface area contributed by atoms with Gasteiger partial charge in [-0.1, -0.05) is 12.1 Å². The Morgan fingerprint density at radius 1 is 1.07 bits per heavy atom. The van der Waals surface area contributed by atoms with E-state index in [4.69, 9.17) is 9.47 Å². The van der Waals surface area contributed by atoms with E-state index >= 15 is 0 Å². The monoisotopic (exact) mass is 399 g/mol. The summed E-state index contributed by atoms with van der Waals surface area (Å²) in [4.78, 5) is 37.2. The van der Waals surface area contributed by atoms with Gasteiger partial charge in [-0.2, -0.15) is 0 Å². The van der Waals surface area contributed by atoms with Crippen LogP contribution in [0.4, 0.5) is 0 Å². The first-order valence-corrected chi connectivity index (χ1v) is 9.91. The number of esters is 1. The van der Waals surface area contributed by atoms with Crippen LogP contribution in [0, 0.1) is 0 Å². The molecule has 1 aliphatic rings. The summed E-state index contributed by atoms with van der Waals surface area (Å²) in [5.41, 5.74) is 0.780. The molecule has 0 saturated heterocycles. The Morgan fingerprint density at radius 3 is 2.46 bits per heavy atom. The summed E-state index contributed by atoms with van der Waals surface area (Å²) in [5, 5.41) is 2.91. The zero-order chi connectivity index (χ0) is 19.9. The van der Waals surface area contributed by atoms with E-state index in [1.807, 2.05) is 0 Å². The van der Waals surface area contributed by atoms with Gasteiger partial charge in [0.1, 0.15) is 5.75 Å². The zero-order valence-electron chi connectivity index (χ0n) is 15.5. The normalized spacial score (nSPS) is 12.9. The largest absolute Gasteiger partial charge is 0.497 e. The van der Waals surface area contributed by atoms with E-state index in [0.717, 1.165) is 12.8 Å². The van der Waals surface area contributed by atoms with Gasteiger partial charge in [-0.05, 0) is 49.2 Å². The second-order valence-electron chi connectivity index (χ2n) is 6.35. The lowest BCUT2D eigenvalue weighted by atomic mass is 10.1. The predicted molar refractivity (Wildman–Crippen MR) is 106 cm³/mol. The van der Waals surface area contributed by atoms with E-state index in [-0.39, 0.29) is 24.1 Å². The number of thioether (sulfide) groups is 1. The number of nitrogens with one attached hydrogen (secondary N) is 1. The van der Waals surface area contributed by atoms with Crippen LogP contribution in [-0.4, -0.2) is 43.2 Å². The van der Waals surface area contributed by atoms with Gasteiger partial charge in [0, 0.05) is 16.5 Å². The molecule has 1 N–H and O–H groups in total.